The van der Waals surface area contributed by atoms with E-state index in [1.807, 2.05) is 0 Å². The van der Waals surface area contributed by atoms with E-state index in [-0.39, 0.29) is 18.3 Å². The monoisotopic (exact) mass is 404 g/mol. The van der Waals surface area contributed by atoms with Gasteiger partial charge in [0.1, 0.15) is 48.0 Å². The Kier molecular flexibility index (Phi) is 4.93. The summed E-state index contributed by atoms with van der Waals surface area (Å²) in [4.78, 5) is 19.8. The van der Waals surface area contributed by atoms with Crippen LogP contribution in [0.25, 0.3) is 0 Å². The van der Waals surface area contributed by atoms with Crippen molar-refractivity contribution in [1.29, 1.82) is 0 Å². The molecule has 6 N–H and O–H groups in total. The smallest absolute Gasteiger partial charge is 0.221 e. The predicted octanol–water partition coefficient (Wildman–Crippen LogP) is -1.70. The first-order valence-electron chi connectivity index (χ1n) is 8.71. The molecule has 2 aliphatic heterocycles. The standard InChI is InChI=1S/2C8H14O4Si/c1-13(2,11)5-3-4-8(12-4)7(10)6(5)9;1-13(2,11)8-6(12-8)4-3-5(9)7(8)10/h3-4,6-11H,1-2H3;3-7,9-11H,1-2H3/t4?,6-,7-,8?;5-,6?,7-,8?/m10/s1. The molecule has 0 spiro atoms. The lowest BCUT2D eigenvalue weighted by molar-refractivity contribution is 0.00941. The van der Waals surface area contributed by atoms with E-state index in [0.717, 1.165) is 0 Å². The summed E-state index contributed by atoms with van der Waals surface area (Å²) in [5, 5.41) is 38.0. The zero-order valence-electron chi connectivity index (χ0n) is 15.3. The van der Waals surface area contributed by atoms with E-state index in [2.05, 4.69) is 0 Å². The highest BCUT2D eigenvalue weighted by molar-refractivity contribution is 6.77. The van der Waals surface area contributed by atoms with Crippen molar-refractivity contribution in [3.05, 3.63) is 23.4 Å². The van der Waals surface area contributed by atoms with E-state index >= 15 is 0 Å². The van der Waals surface area contributed by atoms with Gasteiger partial charge in [-0.3, -0.25) is 0 Å². The SMILES string of the molecule is C[Si](C)(O)C12OC1C=C[C@H](O)[C@@H]2O.C[Si](C)(O)C1=CC2OC2[C@H](O)[C@@H]1O. The van der Waals surface area contributed by atoms with Crippen LogP contribution in [0.2, 0.25) is 26.2 Å². The summed E-state index contributed by atoms with van der Waals surface area (Å²) < 4.78 is 10.4. The van der Waals surface area contributed by atoms with Crippen LogP contribution in [0.4, 0.5) is 0 Å². The van der Waals surface area contributed by atoms with Gasteiger partial charge in [-0.2, -0.15) is 0 Å². The van der Waals surface area contributed by atoms with Gasteiger partial charge in [0.05, 0.1) is 0 Å². The van der Waals surface area contributed by atoms with E-state index in [1.54, 1.807) is 38.3 Å². The Labute approximate surface area is 154 Å². The van der Waals surface area contributed by atoms with E-state index in [1.165, 1.54) is 6.08 Å². The third-order valence-corrected chi connectivity index (χ3v) is 9.97. The van der Waals surface area contributed by atoms with Gasteiger partial charge in [-0.1, -0.05) is 18.2 Å². The Morgan fingerprint density at radius 3 is 2.12 bits per heavy atom. The average Bonchev–Trinajstić information content (AvgIpc) is 3.38. The Balaban J connectivity index is 0.000000151. The molecule has 0 radical (unpaired) electrons. The minimum atomic E-state index is -2.59. The van der Waals surface area contributed by atoms with E-state index < -0.39 is 46.3 Å². The van der Waals surface area contributed by atoms with Crippen LogP contribution < -0.4 is 0 Å². The van der Waals surface area contributed by atoms with E-state index in [4.69, 9.17) is 9.47 Å². The van der Waals surface area contributed by atoms with Crippen molar-refractivity contribution in [2.75, 3.05) is 0 Å². The van der Waals surface area contributed by atoms with Gasteiger partial charge in [-0.15, -0.1) is 0 Å². The molecule has 8 nitrogen and oxygen atoms in total. The fraction of sp³-hybridized carbons (Fsp3) is 0.750. The molecule has 148 valence electrons. The van der Waals surface area contributed by atoms with Crippen molar-refractivity contribution in [3.63, 3.8) is 0 Å². The molecule has 4 aliphatic rings. The molecule has 2 heterocycles. The maximum absolute atomic E-state index is 9.94. The summed E-state index contributed by atoms with van der Waals surface area (Å²) in [5.74, 6) is 0. The molecule has 0 aromatic heterocycles. The molecule has 0 aromatic carbocycles. The number of rotatable bonds is 2. The number of hydrogen-bond donors (Lipinski definition) is 6. The molecule has 0 aromatic rings. The van der Waals surface area contributed by atoms with Crippen LogP contribution in [0.15, 0.2) is 23.4 Å². The van der Waals surface area contributed by atoms with Gasteiger partial charge >= 0.3 is 0 Å². The van der Waals surface area contributed by atoms with Crippen LogP contribution in [0.3, 0.4) is 0 Å². The van der Waals surface area contributed by atoms with Crippen LogP contribution >= 0.6 is 0 Å². The van der Waals surface area contributed by atoms with Crippen LogP contribution in [0, 0.1) is 0 Å². The van der Waals surface area contributed by atoms with E-state index in [9.17, 15) is 30.0 Å². The summed E-state index contributed by atoms with van der Waals surface area (Å²) in [7, 11) is -5.10. The first kappa shape index (κ1) is 20.3. The molecule has 2 aliphatic carbocycles. The van der Waals surface area contributed by atoms with E-state index in [0.29, 0.717) is 5.20 Å². The highest BCUT2D eigenvalue weighted by atomic mass is 28.4. The summed E-state index contributed by atoms with van der Waals surface area (Å²) in [6.45, 7) is 6.86. The van der Waals surface area contributed by atoms with Gasteiger partial charge in [0.25, 0.3) is 0 Å². The molecule has 2 fully saturated rings. The van der Waals surface area contributed by atoms with Crippen molar-refractivity contribution in [3.8, 4) is 0 Å². The zero-order valence-corrected chi connectivity index (χ0v) is 17.3. The Morgan fingerprint density at radius 1 is 1.00 bits per heavy atom. The number of epoxide rings is 2. The fourth-order valence-corrected chi connectivity index (χ4v) is 7.34. The van der Waals surface area contributed by atoms with Gasteiger partial charge < -0.3 is 39.5 Å². The topological polar surface area (TPSA) is 146 Å². The van der Waals surface area contributed by atoms with Crippen molar-refractivity contribution in [1.82, 2.24) is 0 Å². The third-order valence-electron chi connectivity index (χ3n) is 5.48. The van der Waals surface area contributed by atoms with Gasteiger partial charge in [-0.05, 0) is 31.4 Å². The van der Waals surface area contributed by atoms with Crippen molar-refractivity contribution in [2.45, 2.75) is 74.1 Å². The van der Waals surface area contributed by atoms with Crippen molar-refractivity contribution in [2.24, 2.45) is 0 Å². The highest BCUT2D eigenvalue weighted by Crippen LogP contribution is 2.50. The molecule has 10 heteroatoms. The Bertz CT molecular complexity index is 625. The first-order valence-corrected chi connectivity index (χ1v) is 14.6. The zero-order chi connectivity index (χ0) is 19.7. The molecule has 4 rings (SSSR count). The normalized spacial score (nSPS) is 46.4. The third kappa shape index (κ3) is 3.28. The lowest BCUT2D eigenvalue weighted by Crippen LogP contribution is -2.58. The molecular formula is C16H28O8Si2. The van der Waals surface area contributed by atoms with Gasteiger partial charge in [0.15, 0.2) is 0 Å². The lowest BCUT2D eigenvalue weighted by atomic mass is 10.0. The molecule has 0 amide bonds. The van der Waals surface area contributed by atoms with Gasteiger partial charge in [0, 0.05) is 0 Å². The highest BCUT2D eigenvalue weighted by Gasteiger charge is 2.72. The molecule has 0 saturated carbocycles. The predicted molar refractivity (Wildman–Crippen MR) is 96.9 cm³/mol. The molecule has 26 heavy (non-hydrogen) atoms. The van der Waals surface area contributed by atoms with Crippen molar-refractivity contribution >= 4 is 16.6 Å². The minimum Gasteiger partial charge on any atom is -0.429 e. The van der Waals surface area contributed by atoms with Gasteiger partial charge in [0.2, 0.25) is 16.6 Å². The number of hydrogen-bond acceptors (Lipinski definition) is 8. The second kappa shape index (κ2) is 6.31. The first-order chi connectivity index (χ1) is 11.8. The van der Waals surface area contributed by atoms with Gasteiger partial charge in [-0.25, -0.2) is 0 Å². The molecular weight excluding hydrogens is 376 g/mol. The van der Waals surface area contributed by atoms with Crippen LogP contribution in [-0.4, -0.2) is 94.6 Å². The largest absolute Gasteiger partial charge is 0.429 e. The summed E-state index contributed by atoms with van der Waals surface area (Å²) in [6.07, 6.45) is 0.698. The lowest BCUT2D eigenvalue weighted by Gasteiger charge is -2.32. The Morgan fingerprint density at radius 2 is 1.62 bits per heavy atom. The van der Waals surface area contributed by atoms with Crippen LogP contribution in [0.1, 0.15) is 0 Å². The molecule has 8 atom stereocenters. The summed E-state index contributed by atoms with van der Waals surface area (Å²) >= 11 is 0. The number of fused-ring (bicyclic) bond motifs is 2. The quantitative estimate of drug-likeness (QED) is 0.181. The molecule has 4 unspecified atom stereocenters. The number of aliphatic hydroxyl groups is 4. The van der Waals surface area contributed by atoms with Crippen molar-refractivity contribution < 1.29 is 39.5 Å². The second-order valence-corrected chi connectivity index (χ2v) is 16.0. The number of aliphatic hydroxyl groups excluding tert-OH is 4. The van der Waals surface area contributed by atoms with Crippen LogP contribution in [0.5, 0.6) is 0 Å². The maximum Gasteiger partial charge on any atom is 0.221 e. The minimum absolute atomic E-state index is 0.0904. The maximum atomic E-state index is 9.94. The average molecular weight is 405 g/mol. The summed E-state index contributed by atoms with van der Waals surface area (Å²) in [5.41, 5.74) is 0. The van der Waals surface area contributed by atoms with Crippen LogP contribution in [-0.2, 0) is 9.47 Å². The molecule has 0 bridgehead atoms. The summed E-state index contributed by atoms with van der Waals surface area (Å²) in [6, 6.07) is 0. The molecule has 2 saturated heterocycles. The Hall–Kier alpha value is -0.406. The fourth-order valence-electron chi connectivity index (χ4n) is 3.77. The second-order valence-electron chi connectivity index (χ2n) is 8.39. The number of ether oxygens (including phenoxy) is 2.